The Hall–Kier alpha value is -10.8. The molecular formula is C74H45N5O. The molecule has 0 fully saturated rings. The largest absolute Gasteiger partial charge is 0.456 e. The van der Waals surface area contributed by atoms with Crippen LogP contribution < -0.4 is 0 Å². The molecule has 17 rings (SSSR count). The van der Waals surface area contributed by atoms with Crippen LogP contribution in [0.5, 0.6) is 0 Å². The van der Waals surface area contributed by atoms with Crippen molar-refractivity contribution in [2.75, 3.05) is 0 Å². The molecule has 6 nitrogen and oxygen atoms in total. The second kappa shape index (κ2) is 17.3. The maximum absolute atomic E-state index is 6.66. The van der Waals surface area contributed by atoms with Crippen molar-refractivity contribution in [1.29, 1.82) is 0 Å². The molecule has 5 heterocycles. The fourth-order valence-corrected chi connectivity index (χ4v) is 12.8. The molecule has 0 saturated carbocycles. The van der Waals surface area contributed by atoms with Gasteiger partial charge in [0.2, 0.25) is 5.95 Å². The zero-order valence-corrected chi connectivity index (χ0v) is 43.1. The van der Waals surface area contributed by atoms with Crippen molar-refractivity contribution in [3.05, 3.63) is 273 Å². The monoisotopic (exact) mass is 1020 g/mol. The van der Waals surface area contributed by atoms with Crippen LogP contribution >= 0.6 is 0 Å². The van der Waals surface area contributed by atoms with Gasteiger partial charge in [-0.3, -0.25) is 4.57 Å². The third-order valence-corrected chi connectivity index (χ3v) is 16.5. The first-order chi connectivity index (χ1) is 39.7. The summed E-state index contributed by atoms with van der Waals surface area (Å²) in [5.74, 6) is 0.648. The Bertz CT molecular complexity index is 5360. The molecule has 12 aromatic carbocycles. The third-order valence-electron chi connectivity index (χ3n) is 16.5. The minimum absolute atomic E-state index is 0.648. The Labute approximate surface area is 458 Å². The zero-order valence-electron chi connectivity index (χ0n) is 43.1. The smallest absolute Gasteiger partial charge is 0.235 e. The molecule has 0 aliphatic heterocycles. The summed E-state index contributed by atoms with van der Waals surface area (Å²) in [6, 6.07) is 98.1. The van der Waals surface area contributed by atoms with E-state index in [-0.39, 0.29) is 0 Å². The summed E-state index contributed by atoms with van der Waals surface area (Å²) >= 11 is 0. The van der Waals surface area contributed by atoms with Gasteiger partial charge in [0.1, 0.15) is 11.2 Å². The molecule has 0 amide bonds. The molecule has 0 aliphatic rings. The van der Waals surface area contributed by atoms with Crippen LogP contribution in [0.4, 0.5) is 0 Å². The topological polar surface area (TPSA) is 53.7 Å². The van der Waals surface area contributed by atoms with Crippen molar-refractivity contribution in [1.82, 2.24) is 23.7 Å². The second-order valence-electron chi connectivity index (χ2n) is 20.9. The molecule has 17 aromatic rings. The zero-order chi connectivity index (χ0) is 52.4. The lowest BCUT2D eigenvalue weighted by atomic mass is 9.96. The second-order valence-corrected chi connectivity index (χ2v) is 20.9. The van der Waals surface area contributed by atoms with Gasteiger partial charge in [0, 0.05) is 65.4 Å². The van der Waals surface area contributed by atoms with Crippen LogP contribution in [0.15, 0.2) is 277 Å². The molecule has 80 heavy (non-hydrogen) atoms. The maximum atomic E-state index is 6.66. The van der Waals surface area contributed by atoms with E-state index < -0.39 is 0 Å². The van der Waals surface area contributed by atoms with Gasteiger partial charge >= 0.3 is 0 Å². The van der Waals surface area contributed by atoms with Crippen LogP contribution in [0.25, 0.3) is 160 Å². The normalized spacial score (nSPS) is 12.0. The summed E-state index contributed by atoms with van der Waals surface area (Å²) in [5, 5.41) is 10.3. The van der Waals surface area contributed by atoms with Crippen molar-refractivity contribution in [2.24, 2.45) is 0 Å². The average Bonchev–Trinajstić information content (AvgIpc) is 4.48. The van der Waals surface area contributed by atoms with Crippen LogP contribution in [0, 0.1) is 0 Å². The van der Waals surface area contributed by atoms with E-state index in [4.69, 9.17) is 14.4 Å². The first-order valence-corrected chi connectivity index (χ1v) is 27.2. The van der Waals surface area contributed by atoms with Gasteiger partial charge in [0.15, 0.2) is 0 Å². The van der Waals surface area contributed by atoms with Crippen molar-refractivity contribution in [3.8, 4) is 62.0 Å². The lowest BCUT2D eigenvalue weighted by Gasteiger charge is -2.12. The molecule has 0 aliphatic carbocycles. The molecular weight excluding hydrogens is 975 g/mol. The number of fused-ring (bicyclic) bond motifs is 13. The Morgan fingerprint density at radius 1 is 0.263 bits per heavy atom. The number of hydrogen-bond donors (Lipinski definition) is 0. The van der Waals surface area contributed by atoms with Crippen molar-refractivity contribution in [2.45, 2.75) is 0 Å². The van der Waals surface area contributed by atoms with Crippen molar-refractivity contribution in [3.63, 3.8) is 0 Å². The average molecular weight is 1020 g/mol. The van der Waals surface area contributed by atoms with Gasteiger partial charge in [-0.15, -0.1) is 0 Å². The lowest BCUT2D eigenvalue weighted by molar-refractivity contribution is 0.669. The van der Waals surface area contributed by atoms with Gasteiger partial charge in [-0.05, 0) is 143 Å². The maximum Gasteiger partial charge on any atom is 0.235 e. The summed E-state index contributed by atoms with van der Waals surface area (Å²) in [6.07, 6.45) is 0. The van der Waals surface area contributed by atoms with E-state index in [9.17, 15) is 0 Å². The highest BCUT2D eigenvalue weighted by molar-refractivity contribution is 6.17. The van der Waals surface area contributed by atoms with Gasteiger partial charge in [0.25, 0.3) is 0 Å². The molecule has 372 valence electrons. The van der Waals surface area contributed by atoms with Gasteiger partial charge < -0.3 is 13.6 Å². The summed E-state index contributed by atoms with van der Waals surface area (Å²) in [4.78, 5) is 10.5. The Balaban J connectivity index is 0.806. The molecule has 0 unspecified atom stereocenters. The standard InChI is InChI=1S/C74H45N5O/c1-4-17-46(18-5-1)73-57-25-10-13-27-63(57)75-74(76-73)79-65-29-15-12-24-56(65)58-41-47(33-38-69(58)79)48-31-36-67-60(42-48)61-43-49(32-37-68(61)78(67)53-21-8-3-9-22-53)50-35-40-70-62(44-50)72-54(26-16-30-71(72)80-70)51-34-39-66-59(45-51)55-23-11-14-28-64(55)77(66)52-19-6-2-7-20-52/h1-45H. The highest BCUT2D eigenvalue weighted by atomic mass is 16.3. The van der Waals surface area contributed by atoms with E-state index in [1.807, 2.05) is 12.1 Å². The minimum Gasteiger partial charge on any atom is -0.456 e. The Morgan fingerprint density at radius 3 is 1.30 bits per heavy atom. The number of hydrogen-bond acceptors (Lipinski definition) is 3. The van der Waals surface area contributed by atoms with E-state index in [0.717, 1.165) is 122 Å². The molecule has 0 saturated heterocycles. The first-order valence-electron chi connectivity index (χ1n) is 27.2. The van der Waals surface area contributed by atoms with E-state index in [2.05, 4.69) is 275 Å². The Morgan fingerprint density at radius 2 is 0.700 bits per heavy atom. The molecule has 0 N–H and O–H groups in total. The number of rotatable bonds is 7. The highest BCUT2D eigenvalue weighted by Crippen LogP contribution is 2.44. The number of nitrogens with zero attached hydrogens (tertiary/aromatic N) is 5. The SMILES string of the molecule is c1ccc(-c2nc(-n3c4ccccc4c4cc(-c5ccc6c(c5)c5cc(-c7ccc8oc9cccc(-c%10ccc%11c(c%10)c%10ccccc%10n%11-c%10ccccc%10)c9c8c7)ccc5n6-c5ccccc5)ccc43)nc3ccccc23)cc1. The van der Waals surface area contributed by atoms with E-state index in [0.29, 0.717) is 5.95 Å². The minimum atomic E-state index is 0.648. The van der Waals surface area contributed by atoms with Crippen molar-refractivity contribution < 1.29 is 4.42 Å². The van der Waals surface area contributed by atoms with E-state index >= 15 is 0 Å². The molecule has 0 radical (unpaired) electrons. The van der Waals surface area contributed by atoms with Crippen molar-refractivity contribution >= 4 is 98.3 Å². The fraction of sp³-hybridized carbons (Fsp3) is 0. The third kappa shape index (κ3) is 6.72. The summed E-state index contributed by atoms with van der Waals surface area (Å²) in [7, 11) is 0. The van der Waals surface area contributed by atoms with Crippen LogP contribution in [0.3, 0.4) is 0 Å². The molecule has 0 bridgehead atoms. The number of para-hydroxylation sites is 5. The quantitative estimate of drug-likeness (QED) is 0.160. The fourth-order valence-electron chi connectivity index (χ4n) is 12.8. The highest BCUT2D eigenvalue weighted by Gasteiger charge is 2.21. The van der Waals surface area contributed by atoms with Crippen LogP contribution in [0.2, 0.25) is 0 Å². The Kier molecular flexibility index (Phi) is 9.61. The molecule has 6 heteroatoms. The summed E-state index contributed by atoms with van der Waals surface area (Å²) < 4.78 is 13.6. The lowest BCUT2D eigenvalue weighted by Crippen LogP contribution is -2.03. The van der Waals surface area contributed by atoms with E-state index in [1.54, 1.807) is 0 Å². The van der Waals surface area contributed by atoms with Gasteiger partial charge in [-0.1, -0.05) is 164 Å². The molecule has 5 aromatic heterocycles. The summed E-state index contributed by atoms with van der Waals surface area (Å²) in [5.41, 5.74) is 20.5. The number of furan rings is 1. The van der Waals surface area contributed by atoms with Gasteiger partial charge in [0.05, 0.1) is 44.3 Å². The predicted octanol–water partition coefficient (Wildman–Crippen LogP) is 19.5. The number of benzene rings is 12. The molecule has 0 atom stereocenters. The first kappa shape index (κ1) is 44.3. The van der Waals surface area contributed by atoms with Gasteiger partial charge in [-0.25, -0.2) is 9.97 Å². The molecule has 0 spiro atoms. The number of aromatic nitrogens is 5. The van der Waals surface area contributed by atoms with Gasteiger partial charge in [-0.2, -0.15) is 0 Å². The van der Waals surface area contributed by atoms with Crippen LogP contribution in [0.1, 0.15) is 0 Å². The predicted molar refractivity (Wildman–Crippen MR) is 332 cm³/mol. The van der Waals surface area contributed by atoms with E-state index in [1.165, 1.54) is 32.6 Å². The van der Waals surface area contributed by atoms with Crippen LogP contribution in [-0.2, 0) is 0 Å². The van der Waals surface area contributed by atoms with Crippen LogP contribution in [-0.4, -0.2) is 23.7 Å². The summed E-state index contributed by atoms with van der Waals surface area (Å²) in [6.45, 7) is 0.